The summed E-state index contributed by atoms with van der Waals surface area (Å²) in [6, 6.07) is 4.88. The van der Waals surface area contributed by atoms with Gasteiger partial charge in [0, 0.05) is 17.9 Å². The van der Waals surface area contributed by atoms with E-state index >= 15 is 0 Å². The summed E-state index contributed by atoms with van der Waals surface area (Å²) in [5.74, 6) is 2.81. The van der Waals surface area contributed by atoms with Crippen molar-refractivity contribution in [2.75, 3.05) is 14.2 Å². The molecule has 1 aromatic rings. The second-order valence-corrected chi connectivity index (χ2v) is 8.11. The van der Waals surface area contributed by atoms with E-state index in [-0.39, 0.29) is 5.41 Å². The van der Waals surface area contributed by atoms with Gasteiger partial charge >= 0.3 is 0 Å². The molecule has 3 rings (SSSR count). The second-order valence-electron chi connectivity index (χ2n) is 8.11. The molecule has 0 aromatic heterocycles. The van der Waals surface area contributed by atoms with Crippen molar-refractivity contribution < 1.29 is 9.53 Å². The van der Waals surface area contributed by atoms with Crippen molar-refractivity contribution in [3.05, 3.63) is 28.8 Å². The summed E-state index contributed by atoms with van der Waals surface area (Å²) >= 11 is 0. The van der Waals surface area contributed by atoms with Crippen molar-refractivity contribution in [2.45, 2.75) is 64.3 Å². The molecule has 0 saturated heterocycles. The Bertz CT molecular complexity index is 641. The molecular weight excluding hydrogens is 310 g/mol. The Hall–Kier alpha value is -1.35. The summed E-state index contributed by atoms with van der Waals surface area (Å²) in [4.78, 5) is 11.2. The molecule has 0 bridgehead atoms. The highest BCUT2D eigenvalue weighted by molar-refractivity contribution is 5.55. The summed E-state index contributed by atoms with van der Waals surface area (Å²) in [5, 5.41) is 3.60. The highest BCUT2D eigenvalue weighted by Crippen LogP contribution is 2.62. The van der Waals surface area contributed by atoms with E-state index < -0.39 is 0 Å². The first-order valence-corrected chi connectivity index (χ1v) is 9.82. The molecule has 5 atom stereocenters. The van der Waals surface area contributed by atoms with Crippen LogP contribution in [0.2, 0.25) is 0 Å². The van der Waals surface area contributed by atoms with Crippen molar-refractivity contribution in [2.24, 2.45) is 17.8 Å². The predicted octanol–water partition coefficient (Wildman–Crippen LogP) is 4.05. The molecule has 1 fully saturated rings. The lowest BCUT2D eigenvalue weighted by molar-refractivity contribution is -0.108. The molecule has 0 aliphatic heterocycles. The van der Waals surface area contributed by atoms with E-state index in [2.05, 4.69) is 45.3 Å². The second kappa shape index (κ2) is 7.11. The lowest BCUT2D eigenvalue weighted by atomic mass is 9.64. The van der Waals surface area contributed by atoms with Gasteiger partial charge in [0.1, 0.15) is 12.0 Å². The lowest BCUT2D eigenvalue weighted by Crippen LogP contribution is -2.37. The number of rotatable bonds is 6. The maximum atomic E-state index is 11.2. The fraction of sp³-hybridized carbons (Fsp3) is 0.682. The molecule has 1 N–H and O–H groups in total. The molecule has 0 amide bonds. The van der Waals surface area contributed by atoms with Crippen LogP contribution in [-0.2, 0) is 16.6 Å². The molecule has 1 aromatic carbocycles. The molecular formula is C22H33NO2. The minimum atomic E-state index is 0.172. The number of carbonyl (C=O) groups is 1. The van der Waals surface area contributed by atoms with Gasteiger partial charge in [-0.25, -0.2) is 0 Å². The Kier molecular flexibility index (Phi) is 5.24. The van der Waals surface area contributed by atoms with E-state index in [0.29, 0.717) is 30.2 Å². The number of aryl methyl sites for hydroxylation is 1. The minimum absolute atomic E-state index is 0.172. The molecule has 0 radical (unpaired) electrons. The Morgan fingerprint density at radius 2 is 2.16 bits per heavy atom. The molecule has 1 spiro atoms. The Morgan fingerprint density at radius 3 is 2.76 bits per heavy atom. The van der Waals surface area contributed by atoms with Crippen LogP contribution in [-0.4, -0.2) is 26.5 Å². The quantitative estimate of drug-likeness (QED) is 0.792. The highest BCUT2D eigenvalue weighted by atomic mass is 16.5. The van der Waals surface area contributed by atoms with E-state index in [0.717, 1.165) is 24.9 Å². The first-order chi connectivity index (χ1) is 12.0. The van der Waals surface area contributed by atoms with Crippen molar-refractivity contribution in [1.29, 1.82) is 0 Å². The van der Waals surface area contributed by atoms with Gasteiger partial charge in [0.05, 0.1) is 7.11 Å². The first kappa shape index (κ1) is 18.4. The Morgan fingerprint density at radius 1 is 1.40 bits per heavy atom. The van der Waals surface area contributed by atoms with E-state index in [4.69, 9.17) is 4.74 Å². The maximum Gasteiger partial charge on any atom is 0.122 e. The minimum Gasteiger partial charge on any atom is -0.496 e. The third kappa shape index (κ3) is 2.63. The molecule has 2 aliphatic carbocycles. The summed E-state index contributed by atoms with van der Waals surface area (Å²) in [6.45, 7) is 6.97. The summed E-state index contributed by atoms with van der Waals surface area (Å²) in [7, 11) is 3.88. The van der Waals surface area contributed by atoms with Crippen LogP contribution in [0.25, 0.3) is 0 Å². The predicted molar refractivity (Wildman–Crippen MR) is 102 cm³/mol. The van der Waals surface area contributed by atoms with Crippen LogP contribution in [0.4, 0.5) is 0 Å². The molecule has 1 saturated carbocycles. The van der Waals surface area contributed by atoms with Gasteiger partial charge < -0.3 is 14.8 Å². The number of hydrogen-bond acceptors (Lipinski definition) is 3. The number of hydrogen-bond donors (Lipinski definition) is 1. The number of carbonyl (C=O) groups excluding carboxylic acids is 1. The summed E-state index contributed by atoms with van der Waals surface area (Å²) < 4.78 is 5.71. The Balaban J connectivity index is 2.18. The van der Waals surface area contributed by atoms with Gasteiger partial charge in [-0.3, -0.25) is 0 Å². The number of fused-ring (bicyclic) bond motifs is 2. The first-order valence-electron chi connectivity index (χ1n) is 9.82. The Labute approximate surface area is 152 Å². The number of benzene rings is 1. The van der Waals surface area contributed by atoms with Crippen LogP contribution in [0, 0.1) is 24.7 Å². The van der Waals surface area contributed by atoms with Gasteiger partial charge in [0.25, 0.3) is 0 Å². The number of aldehydes is 1. The van der Waals surface area contributed by atoms with Crippen LogP contribution in [0.3, 0.4) is 0 Å². The smallest absolute Gasteiger partial charge is 0.122 e. The number of methoxy groups -OCH3 is 1. The fourth-order valence-corrected chi connectivity index (χ4v) is 6.31. The van der Waals surface area contributed by atoms with Gasteiger partial charge in [-0.1, -0.05) is 26.3 Å². The van der Waals surface area contributed by atoms with E-state index in [1.165, 1.54) is 29.5 Å². The summed E-state index contributed by atoms with van der Waals surface area (Å²) in [5.41, 5.74) is 4.51. The average Bonchev–Trinajstić information content (AvgIpc) is 3.09. The van der Waals surface area contributed by atoms with E-state index in [1.807, 2.05) is 0 Å². The van der Waals surface area contributed by atoms with Crippen molar-refractivity contribution in [1.82, 2.24) is 5.32 Å². The zero-order valence-electron chi connectivity index (χ0n) is 16.4. The third-order valence-corrected chi connectivity index (χ3v) is 7.24. The van der Waals surface area contributed by atoms with Crippen LogP contribution in [0.15, 0.2) is 12.1 Å². The van der Waals surface area contributed by atoms with Gasteiger partial charge in [-0.2, -0.15) is 0 Å². The van der Waals surface area contributed by atoms with Gasteiger partial charge in [0.2, 0.25) is 0 Å². The van der Waals surface area contributed by atoms with E-state index in [1.54, 1.807) is 7.11 Å². The number of nitrogens with one attached hydrogen (secondary N) is 1. The maximum absolute atomic E-state index is 11.2. The van der Waals surface area contributed by atoms with Crippen LogP contribution < -0.4 is 10.1 Å². The van der Waals surface area contributed by atoms with Crippen LogP contribution in [0.1, 0.15) is 56.2 Å². The average molecular weight is 344 g/mol. The molecule has 0 unspecified atom stereocenters. The molecule has 25 heavy (non-hydrogen) atoms. The highest BCUT2D eigenvalue weighted by Gasteiger charge is 2.59. The lowest BCUT2D eigenvalue weighted by Gasteiger charge is -2.39. The van der Waals surface area contributed by atoms with Gasteiger partial charge in [0.15, 0.2) is 0 Å². The van der Waals surface area contributed by atoms with Crippen molar-refractivity contribution >= 4 is 6.29 Å². The van der Waals surface area contributed by atoms with Gasteiger partial charge in [-0.15, -0.1) is 0 Å². The fourth-order valence-electron chi connectivity index (χ4n) is 6.31. The molecule has 3 nitrogen and oxygen atoms in total. The molecule has 138 valence electrons. The molecule has 0 heterocycles. The largest absolute Gasteiger partial charge is 0.496 e. The van der Waals surface area contributed by atoms with Crippen molar-refractivity contribution in [3.63, 3.8) is 0 Å². The summed E-state index contributed by atoms with van der Waals surface area (Å²) in [6.07, 6.45) is 6.21. The third-order valence-electron chi connectivity index (χ3n) is 7.24. The SMILES string of the molecule is CC[C@@H]1[C@H](NC)C[C@@]2(c3c(C)ccc(OC)c3C[C@H]2C)[C@H]1CCC=O. The standard InChI is InChI=1S/C22H33NO2/c1-6-16-18(8-7-11-24)22(13-19(16)23-4)15(3)12-17-20(25-5)10-9-14(2)21(17)22/h9-11,15-16,18-19,23H,6-8,12-13H2,1-5H3/t15-,16+,18+,19-,22+/m1/s1. The van der Waals surface area contributed by atoms with Gasteiger partial charge in [-0.05, 0) is 73.7 Å². The zero-order valence-corrected chi connectivity index (χ0v) is 16.4. The number of ether oxygens (including phenoxy) is 1. The topological polar surface area (TPSA) is 38.3 Å². The zero-order chi connectivity index (χ0) is 18.2. The van der Waals surface area contributed by atoms with Crippen LogP contribution >= 0.6 is 0 Å². The molecule has 2 aliphatic rings. The van der Waals surface area contributed by atoms with Crippen molar-refractivity contribution in [3.8, 4) is 5.75 Å². The molecule has 3 heteroatoms. The van der Waals surface area contributed by atoms with E-state index in [9.17, 15) is 4.79 Å². The monoisotopic (exact) mass is 343 g/mol. The van der Waals surface area contributed by atoms with Crippen LogP contribution in [0.5, 0.6) is 5.75 Å². The normalized spacial score (nSPS) is 33.6.